The Morgan fingerprint density at radius 3 is 2.44 bits per heavy atom. The summed E-state index contributed by atoms with van der Waals surface area (Å²) in [5.41, 5.74) is 6.37. The first-order valence-electron chi connectivity index (χ1n) is 5.77. The van der Waals surface area contributed by atoms with Crippen molar-refractivity contribution in [1.29, 1.82) is 0 Å². The molecule has 5 nitrogen and oxygen atoms in total. The van der Waals surface area contributed by atoms with Gasteiger partial charge in [0.2, 0.25) is 5.91 Å². The van der Waals surface area contributed by atoms with Crippen LogP contribution < -0.4 is 20.5 Å². The number of methoxy groups -OCH3 is 2. The molecule has 2 unspecified atom stereocenters. The van der Waals surface area contributed by atoms with Gasteiger partial charge in [0.1, 0.15) is 11.5 Å². The Hall–Kier alpha value is -1.75. The molecule has 0 aromatic heterocycles. The lowest BCUT2D eigenvalue weighted by Gasteiger charge is -2.19. The van der Waals surface area contributed by atoms with E-state index in [1.807, 2.05) is 25.1 Å². The van der Waals surface area contributed by atoms with E-state index in [-0.39, 0.29) is 11.9 Å². The van der Waals surface area contributed by atoms with E-state index >= 15 is 0 Å². The molecule has 0 fully saturated rings. The lowest BCUT2D eigenvalue weighted by atomic mass is 10.1. The second kappa shape index (κ2) is 6.26. The van der Waals surface area contributed by atoms with Crippen molar-refractivity contribution >= 4 is 5.91 Å². The SMILES string of the molecule is COc1ccc(OC)c(C(C)NC(=O)C(C)N)c1. The number of nitrogens with two attached hydrogens (primary N) is 1. The first-order chi connectivity index (χ1) is 8.49. The fourth-order valence-electron chi connectivity index (χ4n) is 1.60. The van der Waals surface area contributed by atoms with Crippen molar-refractivity contribution in [1.82, 2.24) is 5.32 Å². The molecule has 0 aliphatic heterocycles. The molecule has 0 aliphatic rings. The number of nitrogens with one attached hydrogen (secondary N) is 1. The van der Waals surface area contributed by atoms with Gasteiger partial charge in [0.05, 0.1) is 26.3 Å². The quantitative estimate of drug-likeness (QED) is 0.826. The highest BCUT2D eigenvalue weighted by Gasteiger charge is 2.16. The molecule has 5 heteroatoms. The van der Waals surface area contributed by atoms with Crippen LogP contribution in [0.5, 0.6) is 11.5 Å². The van der Waals surface area contributed by atoms with Crippen LogP contribution in [0.25, 0.3) is 0 Å². The number of rotatable bonds is 5. The van der Waals surface area contributed by atoms with Crippen molar-refractivity contribution in [3.8, 4) is 11.5 Å². The van der Waals surface area contributed by atoms with Crippen LogP contribution in [0.1, 0.15) is 25.5 Å². The third-order valence-corrected chi connectivity index (χ3v) is 2.68. The predicted octanol–water partition coefficient (Wildman–Crippen LogP) is 1.23. The Morgan fingerprint density at radius 2 is 1.94 bits per heavy atom. The molecule has 3 N–H and O–H groups in total. The van der Waals surface area contributed by atoms with Crippen LogP contribution in [0, 0.1) is 0 Å². The number of carbonyl (C=O) groups excluding carboxylic acids is 1. The molecule has 1 amide bonds. The Morgan fingerprint density at radius 1 is 1.28 bits per heavy atom. The van der Waals surface area contributed by atoms with Gasteiger partial charge in [0.15, 0.2) is 0 Å². The number of amides is 1. The molecule has 1 aromatic carbocycles. The Kier molecular flexibility index (Phi) is 4.97. The van der Waals surface area contributed by atoms with Crippen molar-refractivity contribution in [3.63, 3.8) is 0 Å². The maximum Gasteiger partial charge on any atom is 0.237 e. The molecule has 0 saturated carbocycles. The average Bonchev–Trinajstić information content (AvgIpc) is 2.37. The molecule has 1 aromatic rings. The van der Waals surface area contributed by atoms with E-state index in [9.17, 15) is 4.79 Å². The van der Waals surface area contributed by atoms with Gasteiger partial charge >= 0.3 is 0 Å². The van der Waals surface area contributed by atoms with Crippen molar-refractivity contribution < 1.29 is 14.3 Å². The maximum absolute atomic E-state index is 11.6. The fourth-order valence-corrected chi connectivity index (χ4v) is 1.60. The average molecular weight is 252 g/mol. The zero-order valence-corrected chi connectivity index (χ0v) is 11.2. The minimum atomic E-state index is -0.538. The standard InChI is InChI=1S/C13H20N2O3/c1-8(14)13(16)15-9(2)11-7-10(17-3)5-6-12(11)18-4/h5-9H,14H2,1-4H3,(H,15,16). The van der Waals surface area contributed by atoms with E-state index < -0.39 is 6.04 Å². The van der Waals surface area contributed by atoms with Crippen molar-refractivity contribution in [2.75, 3.05) is 14.2 Å². The van der Waals surface area contributed by atoms with Crippen LogP contribution in [0.4, 0.5) is 0 Å². The van der Waals surface area contributed by atoms with Crippen molar-refractivity contribution in [2.45, 2.75) is 25.9 Å². The summed E-state index contributed by atoms with van der Waals surface area (Å²) in [6.07, 6.45) is 0. The molecule has 1 rings (SSSR count). The van der Waals surface area contributed by atoms with E-state index in [2.05, 4.69) is 5.32 Å². The first kappa shape index (κ1) is 14.3. The second-order valence-corrected chi connectivity index (χ2v) is 4.13. The lowest BCUT2D eigenvalue weighted by Crippen LogP contribution is -2.39. The van der Waals surface area contributed by atoms with Gasteiger partial charge in [-0.05, 0) is 32.0 Å². The van der Waals surface area contributed by atoms with Crippen LogP contribution in [-0.4, -0.2) is 26.2 Å². The number of hydrogen-bond donors (Lipinski definition) is 2. The van der Waals surface area contributed by atoms with Crippen LogP contribution in [0.3, 0.4) is 0 Å². The lowest BCUT2D eigenvalue weighted by molar-refractivity contribution is -0.122. The monoisotopic (exact) mass is 252 g/mol. The van der Waals surface area contributed by atoms with Gasteiger partial charge in [-0.25, -0.2) is 0 Å². The van der Waals surface area contributed by atoms with Crippen LogP contribution >= 0.6 is 0 Å². The maximum atomic E-state index is 11.6. The third kappa shape index (κ3) is 3.37. The van der Waals surface area contributed by atoms with E-state index in [4.69, 9.17) is 15.2 Å². The van der Waals surface area contributed by atoms with Gasteiger partial charge in [0.25, 0.3) is 0 Å². The highest BCUT2D eigenvalue weighted by atomic mass is 16.5. The molecule has 100 valence electrons. The van der Waals surface area contributed by atoms with Gasteiger partial charge in [-0.3, -0.25) is 4.79 Å². The van der Waals surface area contributed by atoms with Gasteiger partial charge < -0.3 is 20.5 Å². The Bertz CT molecular complexity index is 419. The van der Waals surface area contributed by atoms with Gasteiger partial charge in [-0.15, -0.1) is 0 Å². The summed E-state index contributed by atoms with van der Waals surface area (Å²) < 4.78 is 10.4. The normalized spacial score (nSPS) is 13.6. The summed E-state index contributed by atoms with van der Waals surface area (Å²) >= 11 is 0. The fraction of sp³-hybridized carbons (Fsp3) is 0.462. The zero-order valence-electron chi connectivity index (χ0n) is 11.2. The van der Waals surface area contributed by atoms with Crippen molar-refractivity contribution in [2.24, 2.45) is 5.73 Å². The van der Waals surface area contributed by atoms with Crippen LogP contribution in [0.15, 0.2) is 18.2 Å². The number of carbonyl (C=O) groups is 1. The molecule has 18 heavy (non-hydrogen) atoms. The second-order valence-electron chi connectivity index (χ2n) is 4.13. The summed E-state index contributed by atoms with van der Waals surface area (Å²) in [6, 6.07) is 4.72. The molecule has 0 bridgehead atoms. The Labute approximate surface area is 107 Å². The summed E-state index contributed by atoms with van der Waals surface area (Å²) in [5, 5.41) is 2.82. The summed E-state index contributed by atoms with van der Waals surface area (Å²) in [7, 11) is 3.18. The molecule has 2 atom stereocenters. The highest BCUT2D eigenvalue weighted by Crippen LogP contribution is 2.29. The van der Waals surface area contributed by atoms with E-state index in [1.54, 1.807) is 21.1 Å². The first-order valence-corrected chi connectivity index (χ1v) is 5.77. The van der Waals surface area contributed by atoms with E-state index in [0.717, 1.165) is 5.56 Å². The summed E-state index contributed by atoms with van der Waals surface area (Å²) in [4.78, 5) is 11.6. The molecule has 0 saturated heterocycles. The third-order valence-electron chi connectivity index (χ3n) is 2.68. The molecular formula is C13H20N2O3. The Balaban J connectivity index is 2.95. The van der Waals surface area contributed by atoms with Gasteiger partial charge in [-0.1, -0.05) is 0 Å². The molecule has 0 spiro atoms. The molecule has 0 heterocycles. The molecule has 0 radical (unpaired) electrons. The predicted molar refractivity (Wildman–Crippen MR) is 69.8 cm³/mol. The minimum absolute atomic E-state index is 0.200. The van der Waals surface area contributed by atoms with Gasteiger partial charge in [0, 0.05) is 5.56 Å². The summed E-state index contributed by atoms with van der Waals surface area (Å²) in [5.74, 6) is 1.22. The zero-order chi connectivity index (χ0) is 13.7. The topological polar surface area (TPSA) is 73.6 Å². The number of hydrogen-bond acceptors (Lipinski definition) is 4. The van der Waals surface area contributed by atoms with Crippen LogP contribution in [0.2, 0.25) is 0 Å². The van der Waals surface area contributed by atoms with Crippen LogP contribution in [-0.2, 0) is 4.79 Å². The summed E-state index contributed by atoms with van der Waals surface area (Å²) in [6.45, 7) is 3.52. The highest BCUT2D eigenvalue weighted by molar-refractivity contribution is 5.81. The smallest absolute Gasteiger partial charge is 0.237 e. The number of benzene rings is 1. The van der Waals surface area contributed by atoms with Crippen molar-refractivity contribution in [3.05, 3.63) is 23.8 Å². The number of ether oxygens (including phenoxy) is 2. The molecule has 0 aliphatic carbocycles. The molecular weight excluding hydrogens is 232 g/mol. The largest absolute Gasteiger partial charge is 0.497 e. The van der Waals surface area contributed by atoms with E-state index in [0.29, 0.717) is 11.5 Å². The van der Waals surface area contributed by atoms with Gasteiger partial charge in [-0.2, -0.15) is 0 Å². The minimum Gasteiger partial charge on any atom is -0.497 e. The van der Waals surface area contributed by atoms with E-state index in [1.165, 1.54) is 0 Å².